The van der Waals surface area contributed by atoms with Gasteiger partial charge >= 0.3 is 11.7 Å². The lowest BCUT2D eigenvalue weighted by Gasteiger charge is -2.36. The fraction of sp³-hybridized carbons (Fsp3) is 0.400. The molecule has 184 valence electrons. The van der Waals surface area contributed by atoms with E-state index in [-0.39, 0.29) is 12.4 Å². The molecule has 3 aromatic rings. The fourth-order valence-electron chi connectivity index (χ4n) is 4.86. The topological polar surface area (TPSA) is 102 Å². The molecular weight excluding hydrogens is 453 g/mol. The maximum Gasteiger partial charge on any atom is 0.407 e. The smallest absolute Gasteiger partial charge is 0.407 e. The number of carboxylic acid groups (broad SMARTS) is 1. The van der Waals surface area contributed by atoms with Gasteiger partial charge in [0.1, 0.15) is 17.4 Å². The van der Waals surface area contributed by atoms with Crippen LogP contribution in [0.25, 0.3) is 10.8 Å². The van der Waals surface area contributed by atoms with Crippen LogP contribution in [0.4, 0.5) is 20.7 Å². The first kappa shape index (κ1) is 23.1. The van der Waals surface area contributed by atoms with Crippen LogP contribution in [0.15, 0.2) is 45.7 Å². The minimum atomic E-state index is -0.976. The van der Waals surface area contributed by atoms with Crippen LogP contribution in [0.3, 0.4) is 0 Å². The Morgan fingerprint density at radius 1 is 1.14 bits per heavy atom. The van der Waals surface area contributed by atoms with Crippen LogP contribution in [-0.2, 0) is 13.0 Å². The number of amides is 1. The van der Waals surface area contributed by atoms with Crippen molar-refractivity contribution in [1.82, 2.24) is 14.8 Å². The van der Waals surface area contributed by atoms with Crippen LogP contribution in [0.2, 0.25) is 0 Å². The van der Waals surface area contributed by atoms with Crippen molar-refractivity contribution in [3.05, 3.63) is 64.1 Å². The molecule has 0 aliphatic carbocycles. The Hall–Kier alpha value is -3.66. The highest BCUT2D eigenvalue weighted by Gasteiger charge is 2.25. The van der Waals surface area contributed by atoms with Crippen molar-refractivity contribution in [2.45, 2.75) is 19.4 Å². The van der Waals surface area contributed by atoms with Gasteiger partial charge in [-0.25, -0.2) is 19.0 Å². The van der Waals surface area contributed by atoms with Gasteiger partial charge < -0.3 is 24.6 Å². The largest absolute Gasteiger partial charge is 0.465 e. The fourth-order valence-corrected chi connectivity index (χ4v) is 4.86. The number of benzene rings is 1. The summed E-state index contributed by atoms with van der Waals surface area (Å²) in [4.78, 5) is 33.7. The molecule has 1 saturated heterocycles. The normalized spacial score (nSPS) is 16.4. The zero-order chi connectivity index (χ0) is 24.4. The van der Waals surface area contributed by atoms with Crippen molar-refractivity contribution >= 4 is 28.4 Å². The van der Waals surface area contributed by atoms with E-state index in [1.54, 1.807) is 18.3 Å². The molecular formula is C25H28FN5O4. The van der Waals surface area contributed by atoms with Crippen molar-refractivity contribution in [3.8, 4) is 0 Å². The number of pyridine rings is 1. The number of nitrogens with one attached hydrogen (secondary N) is 1. The Morgan fingerprint density at radius 3 is 2.77 bits per heavy atom. The van der Waals surface area contributed by atoms with E-state index in [2.05, 4.69) is 20.1 Å². The number of hydrogen-bond donors (Lipinski definition) is 2. The average Bonchev–Trinajstić information content (AvgIpc) is 2.86. The van der Waals surface area contributed by atoms with Gasteiger partial charge in [0.15, 0.2) is 0 Å². The number of anilines is 2. The summed E-state index contributed by atoms with van der Waals surface area (Å²) in [5.74, 6) is 1.13. The van der Waals surface area contributed by atoms with Gasteiger partial charge in [-0.05, 0) is 36.6 Å². The van der Waals surface area contributed by atoms with Gasteiger partial charge in [-0.2, -0.15) is 0 Å². The summed E-state index contributed by atoms with van der Waals surface area (Å²) >= 11 is 0. The van der Waals surface area contributed by atoms with E-state index < -0.39 is 11.7 Å². The van der Waals surface area contributed by atoms with Crippen LogP contribution in [-0.4, -0.2) is 71.8 Å². The molecule has 2 aromatic heterocycles. The van der Waals surface area contributed by atoms with E-state index in [4.69, 9.17) is 4.42 Å². The summed E-state index contributed by atoms with van der Waals surface area (Å²) in [7, 11) is 0. The molecule has 0 spiro atoms. The van der Waals surface area contributed by atoms with Gasteiger partial charge in [0.2, 0.25) is 0 Å². The summed E-state index contributed by atoms with van der Waals surface area (Å²) in [5.41, 5.74) is 0.972. The average molecular weight is 482 g/mol. The van der Waals surface area contributed by atoms with Crippen LogP contribution in [0.1, 0.15) is 17.7 Å². The maximum atomic E-state index is 13.8. The van der Waals surface area contributed by atoms with Gasteiger partial charge in [-0.3, -0.25) is 4.90 Å². The van der Waals surface area contributed by atoms with E-state index in [0.717, 1.165) is 61.3 Å². The summed E-state index contributed by atoms with van der Waals surface area (Å²) in [6, 6.07) is 8.11. The van der Waals surface area contributed by atoms with Crippen LogP contribution >= 0.6 is 0 Å². The van der Waals surface area contributed by atoms with Crippen LogP contribution in [0, 0.1) is 5.82 Å². The molecule has 0 bridgehead atoms. The quantitative estimate of drug-likeness (QED) is 0.518. The van der Waals surface area contributed by atoms with E-state index in [9.17, 15) is 19.1 Å². The van der Waals surface area contributed by atoms with E-state index >= 15 is 0 Å². The van der Waals surface area contributed by atoms with Crippen molar-refractivity contribution in [1.29, 1.82) is 0 Å². The van der Waals surface area contributed by atoms with Gasteiger partial charge in [0, 0.05) is 74.6 Å². The minimum absolute atomic E-state index is 0.213. The first-order chi connectivity index (χ1) is 17.0. The summed E-state index contributed by atoms with van der Waals surface area (Å²) in [6.07, 6.45) is 2.06. The first-order valence-corrected chi connectivity index (χ1v) is 11.9. The molecule has 10 heteroatoms. The lowest BCUT2D eigenvalue weighted by Crippen LogP contribution is -2.47. The molecule has 0 saturated carbocycles. The van der Waals surface area contributed by atoms with Gasteiger partial charge in [-0.15, -0.1) is 0 Å². The SMILES string of the molecule is O=C(O)N1CCc2oc(=O)cc(NCCCN3CCN(c4nccc5ccc(F)cc45)CC3)c2C1. The van der Waals surface area contributed by atoms with Crippen LogP contribution < -0.4 is 15.8 Å². The molecule has 1 fully saturated rings. The Morgan fingerprint density at radius 2 is 1.97 bits per heavy atom. The second-order valence-corrected chi connectivity index (χ2v) is 8.94. The van der Waals surface area contributed by atoms with Gasteiger partial charge in [0.25, 0.3) is 0 Å². The maximum absolute atomic E-state index is 13.8. The number of hydrogen-bond acceptors (Lipinski definition) is 7. The Balaban J connectivity index is 1.14. The zero-order valence-corrected chi connectivity index (χ0v) is 19.4. The molecule has 5 rings (SSSR count). The third kappa shape index (κ3) is 5.07. The van der Waals surface area contributed by atoms with E-state index in [1.807, 2.05) is 6.07 Å². The predicted octanol–water partition coefficient (Wildman–Crippen LogP) is 2.99. The second kappa shape index (κ2) is 9.91. The number of carbonyl (C=O) groups is 1. The highest BCUT2D eigenvalue weighted by Crippen LogP contribution is 2.27. The molecule has 2 N–H and O–H groups in total. The molecule has 1 amide bonds. The van der Waals surface area contributed by atoms with Crippen molar-refractivity contribution in [3.63, 3.8) is 0 Å². The Bertz CT molecular complexity index is 1290. The first-order valence-electron chi connectivity index (χ1n) is 11.9. The third-order valence-corrected chi connectivity index (χ3v) is 6.72. The van der Waals surface area contributed by atoms with Gasteiger partial charge in [-0.1, -0.05) is 6.07 Å². The summed E-state index contributed by atoms with van der Waals surface area (Å²) in [6.45, 7) is 5.48. The molecule has 2 aliphatic rings. The molecule has 4 heterocycles. The Kier molecular flexibility index (Phi) is 6.54. The molecule has 9 nitrogen and oxygen atoms in total. The minimum Gasteiger partial charge on any atom is -0.465 e. The number of rotatable bonds is 6. The lowest BCUT2D eigenvalue weighted by molar-refractivity contribution is 0.137. The molecule has 0 atom stereocenters. The van der Waals surface area contributed by atoms with Crippen molar-refractivity contribution in [2.24, 2.45) is 0 Å². The number of halogens is 1. The molecule has 0 unspecified atom stereocenters. The number of aromatic nitrogens is 1. The van der Waals surface area contributed by atoms with Crippen LogP contribution in [0.5, 0.6) is 0 Å². The van der Waals surface area contributed by atoms with Crippen molar-refractivity contribution < 1.29 is 18.7 Å². The second-order valence-electron chi connectivity index (χ2n) is 8.94. The highest BCUT2D eigenvalue weighted by atomic mass is 19.1. The number of piperazine rings is 1. The van der Waals surface area contributed by atoms with Gasteiger partial charge in [0.05, 0.1) is 6.54 Å². The zero-order valence-electron chi connectivity index (χ0n) is 19.4. The standard InChI is InChI=1S/C25H28FN5O4/c26-18-3-2-17-4-7-28-24(19(17)14-18)30-12-10-29(11-13-30)8-1-6-27-21-15-23(32)35-22-5-9-31(25(33)34)16-20(21)22/h2-4,7,14-15,27H,1,5-6,8-13,16H2,(H,33,34). The van der Waals surface area contributed by atoms with E-state index in [0.29, 0.717) is 31.0 Å². The molecule has 1 aromatic carbocycles. The van der Waals surface area contributed by atoms with E-state index in [1.165, 1.54) is 17.0 Å². The highest BCUT2D eigenvalue weighted by molar-refractivity contribution is 5.92. The summed E-state index contributed by atoms with van der Waals surface area (Å²) < 4.78 is 19.1. The molecule has 0 radical (unpaired) electrons. The summed E-state index contributed by atoms with van der Waals surface area (Å²) in [5, 5.41) is 14.4. The lowest BCUT2D eigenvalue weighted by atomic mass is 10.1. The number of nitrogens with zero attached hydrogens (tertiary/aromatic N) is 4. The monoisotopic (exact) mass is 481 g/mol. The molecule has 2 aliphatic heterocycles. The predicted molar refractivity (Wildman–Crippen MR) is 131 cm³/mol. The number of fused-ring (bicyclic) bond motifs is 2. The molecule has 35 heavy (non-hydrogen) atoms. The third-order valence-electron chi connectivity index (χ3n) is 6.72. The Labute approximate surface area is 201 Å². The van der Waals surface area contributed by atoms with Crippen molar-refractivity contribution in [2.75, 3.05) is 56.0 Å².